The fraction of sp³-hybridized carbons (Fsp3) is 1.00. The van der Waals surface area contributed by atoms with Crippen LogP contribution in [0.15, 0.2) is 5.11 Å². The first-order chi connectivity index (χ1) is 6.62. The molecule has 0 radical (unpaired) electrons. The Morgan fingerprint density at radius 1 is 1.36 bits per heavy atom. The number of aliphatic hydroxyl groups excluding tert-OH is 1. The summed E-state index contributed by atoms with van der Waals surface area (Å²) in [5.74, 6) is -3.02. The van der Waals surface area contributed by atoms with Gasteiger partial charge in [-0.1, -0.05) is 0 Å². The van der Waals surface area contributed by atoms with Crippen LogP contribution in [0.4, 0.5) is 4.39 Å². The topological polar surface area (TPSA) is 108 Å². The average molecular weight is 209 g/mol. The lowest BCUT2D eigenvalue weighted by Gasteiger charge is -2.12. The monoisotopic (exact) mass is 209 g/mol. The summed E-state index contributed by atoms with van der Waals surface area (Å²) in [7, 11) is 0. The summed E-state index contributed by atoms with van der Waals surface area (Å²) < 4.78 is 22.0. The Morgan fingerprint density at radius 2 is 2.00 bits per heavy atom. The lowest BCUT2D eigenvalue weighted by molar-refractivity contribution is -0.138. The maximum atomic E-state index is 12.6. The van der Waals surface area contributed by atoms with Gasteiger partial charge in [0.1, 0.15) is 6.61 Å². The van der Waals surface area contributed by atoms with Crippen LogP contribution in [0.2, 0.25) is 0 Å². The van der Waals surface area contributed by atoms with Gasteiger partial charge < -0.3 is 19.7 Å². The van der Waals surface area contributed by atoms with Gasteiger partial charge in [0.25, 0.3) is 0 Å². The van der Waals surface area contributed by atoms with Crippen LogP contribution in [0, 0.1) is 0 Å². The van der Waals surface area contributed by atoms with Crippen molar-refractivity contribution in [2.75, 3.05) is 33.0 Å². The van der Waals surface area contributed by atoms with Gasteiger partial charge in [0.2, 0.25) is 0 Å². The summed E-state index contributed by atoms with van der Waals surface area (Å²) in [6, 6.07) is 0. The van der Waals surface area contributed by atoms with Gasteiger partial charge >= 0.3 is 5.98 Å². The summed E-state index contributed by atoms with van der Waals surface area (Å²) in [5, 5.41) is 19.4. The zero-order valence-corrected chi connectivity index (χ0v) is 7.47. The minimum absolute atomic E-state index is 0.0349. The molecule has 1 atom stereocenters. The van der Waals surface area contributed by atoms with E-state index in [9.17, 15) is 4.39 Å². The number of hydrogen-bond donors (Lipinski definition) is 2. The Morgan fingerprint density at radius 3 is 2.57 bits per heavy atom. The van der Waals surface area contributed by atoms with Crippen LogP contribution in [0.3, 0.4) is 0 Å². The van der Waals surface area contributed by atoms with Crippen molar-refractivity contribution in [1.82, 2.24) is 0 Å². The molecule has 0 aromatic carbocycles. The summed E-state index contributed by atoms with van der Waals surface area (Å²) >= 11 is 0. The van der Waals surface area contributed by atoms with E-state index in [1.807, 2.05) is 0 Å². The largest absolute Gasteiger partial charge is 0.394 e. The Hall–Kier alpha value is -0.920. The molecule has 0 amide bonds. The lowest BCUT2D eigenvalue weighted by Crippen LogP contribution is -2.26. The zero-order chi connectivity index (χ0) is 10.9. The summed E-state index contributed by atoms with van der Waals surface area (Å²) in [6.45, 7) is -0.495. The van der Waals surface area contributed by atoms with Crippen LogP contribution in [-0.4, -0.2) is 49.2 Å². The third-order valence-electron chi connectivity index (χ3n) is 1.09. The number of aliphatic hydroxyl groups is 2. The first-order valence-corrected chi connectivity index (χ1v) is 3.86. The second-order valence-corrected chi connectivity index (χ2v) is 2.30. The minimum atomic E-state index is -3.02. The van der Waals surface area contributed by atoms with Crippen molar-refractivity contribution in [2.45, 2.75) is 5.98 Å². The Labute approximate surface area is 79.7 Å². The normalized spacial score (nSPS) is 14.5. The zero-order valence-electron chi connectivity index (χ0n) is 7.47. The average Bonchev–Trinajstić information content (AvgIpc) is 2.11. The van der Waals surface area contributed by atoms with E-state index in [2.05, 4.69) is 14.8 Å². The maximum absolute atomic E-state index is 12.6. The Kier molecular flexibility index (Phi) is 6.99. The lowest BCUT2D eigenvalue weighted by atomic mass is 10.6. The number of ether oxygens (including phenoxy) is 2. The highest BCUT2D eigenvalue weighted by atomic mass is 19.2. The molecule has 82 valence electrons. The predicted molar refractivity (Wildman–Crippen MR) is 43.9 cm³/mol. The second kappa shape index (κ2) is 7.48. The summed E-state index contributed by atoms with van der Waals surface area (Å²) in [5.41, 5.74) is 7.82. The van der Waals surface area contributed by atoms with Crippen LogP contribution in [0.5, 0.6) is 0 Å². The van der Waals surface area contributed by atoms with E-state index in [1.54, 1.807) is 0 Å². The van der Waals surface area contributed by atoms with Gasteiger partial charge in [-0.05, 0) is 10.6 Å². The number of alkyl halides is 1. The molecule has 0 aliphatic carbocycles. The molecule has 7 nitrogen and oxygen atoms in total. The summed E-state index contributed by atoms with van der Waals surface area (Å²) in [6.07, 6.45) is 0. The van der Waals surface area contributed by atoms with Gasteiger partial charge in [0.05, 0.1) is 26.4 Å². The molecule has 0 rings (SSSR count). The predicted octanol–water partition coefficient (Wildman–Crippen LogP) is -0.0622. The fourth-order valence-corrected chi connectivity index (χ4v) is 0.584. The molecule has 14 heavy (non-hydrogen) atoms. The minimum Gasteiger partial charge on any atom is -0.394 e. The molecule has 0 bridgehead atoms. The van der Waals surface area contributed by atoms with Crippen LogP contribution < -0.4 is 0 Å². The highest BCUT2D eigenvalue weighted by molar-refractivity contribution is 4.60. The van der Waals surface area contributed by atoms with Gasteiger partial charge in [-0.3, -0.25) is 0 Å². The van der Waals surface area contributed by atoms with E-state index >= 15 is 0 Å². The van der Waals surface area contributed by atoms with E-state index in [0.717, 1.165) is 0 Å². The SMILES string of the molecule is [N-]=[N+]=NC(O)(F)COCCOCCO. The molecule has 0 aliphatic heterocycles. The number of azide groups is 1. The Balaban J connectivity index is 3.39. The van der Waals surface area contributed by atoms with Gasteiger partial charge in [-0.15, -0.1) is 0 Å². The van der Waals surface area contributed by atoms with Gasteiger partial charge in [0.15, 0.2) is 0 Å². The molecule has 0 aromatic heterocycles. The summed E-state index contributed by atoms with van der Waals surface area (Å²) in [4.78, 5) is 2.09. The van der Waals surface area contributed by atoms with E-state index in [-0.39, 0.29) is 26.4 Å². The van der Waals surface area contributed by atoms with Crippen molar-refractivity contribution in [2.24, 2.45) is 5.11 Å². The maximum Gasteiger partial charge on any atom is 0.310 e. The molecule has 0 saturated heterocycles. The second-order valence-electron chi connectivity index (χ2n) is 2.30. The molecular weight excluding hydrogens is 197 g/mol. The van der Waals surface area contributed by atoms with Gasteiger partial charge in [0, 0.05) is 4.91 Å². The van der Waals surface area contributed by atoms with Gasteiger partial charge in [-0.25, -0.2) is 4.39 Å². The first-order valence-electron chi connectivity index (χ1n) is 3.86. The quantitative estimate of drug-likeness (QED) is 0.192. The van der Waals surface area contributed by atoms with Crippen LogP contribution >= 0.6 is 0 Å². The van der Waals surface area contributed by atoms with Crippen LogP contribution in [0.1, 0.15) is 0 Å². The molecule has 0 saturated carbocycles. The van der Waals surface area contributed by atoms with Crippen molar-refractivity contribution in [3.63, 3.8) is 0 Å². The van der Waals surface area contributed by atoms with Crippen molar-refractivity contribution in [3.05, 3.63) is 10.4 Å². The molecular formula is C6H12FN3O4. The first kappa shape index (κ1) is 13.1. The third-order valence-corrected chi connectivity index (χ3v) is 1.09. The van der Waals surface area contributed by atoms with Gasteiger partial charge in [-0.2, -0.15) is 0 Å². The highest BCUT2D eigenvalue weighted by Crippen LogP contribution is 2.08. The molecule has 2 N–H and O–H groups in total. The molecule has 1 unspecified atom stereocenters. The van der Waals surface area contributed by atoms with E-state index in [1.165, 1.54) is 0 Å². The number of rotatable bonds is 8. The molecule has 8 heteroatoms. The standard InChI is InChI=1S/C6H12FN3O4/c7-6(12,9-10-8)5-14-4-3-13-2-1-11/h11-12H,1-5H2. The van der Waals surface area contributed by atoms with Crippen molar-refractivity contribution >= 4 is 0 Å². The van der Waals surface area contributed by atoms with Crippen LogP contribution in [-0.2, 0) is 9.47 Å². The van der Waals surface area contributed by atoms with Crippen molar-refractivity contribution in [1.29, 1.82) is 0 Å². The smallest absolute Gasteiger partial charge is 0.310 e. The number of halogens is 1. The van der Waals surface area contributed by atoms with Crippen LogP contribution in [0.25, 0.3) is 10.4 Å². The number of nitrogens with zero attached hydrogens (tertiary/aromatic N) is 3. The molecule has 0 aromatic rings. The number of hydrogen-bond acceptors (Lipinski definition) is 5. The highest BCUT2D eigenvalue weighted by Gasteiger charge is 2.23. The molecule has 0 heterocycles. The Bertz CT molecular complexity index is 196. The molecule has 0 fully saturated rings. The van der Waals surface area contributed by atoms with E-state index in [0.29, 0.717) is 0 Å². The van der Waals surface area contributed by atoms with Crippen molar-refractivity contribution in [3.8, 4) is 0 Å². The third kappa shape index (κ3) is 7.71. The van der Waals surface area contributed by atoms with E-state index < -0.39 is 12.6 Å². The van der Waals surface area contributed by atoms with E-state index in [4.69, 9.17) is 20.5 Å². The molecule has 0 aliphatic rings. The molecule has 0 spiro atoms. The van der Waals surface area contributed by atoms with Crippen molar-refractivity contribution < 1.29 is 24.1 Å². The fourth-order valence-electron chi connectivity index (χ4n) is 0.584.